The predicted octanol–water partition coefficient (Wildman–Crippen LogP) is 2.46. The van der Waals surface area contributed by atoms with E-state index in [0.717, 1.165) is 42.3 Å². The Balaban J connectivity index is 1.88. The maximum absolute atomic E-state index is 12.5. The number of rotatable bonds is 4. The second kappa shape index (κ2) is 7.17. The van der Waals surface area contributed by atoms with E-state index in [2.05, 4.69) is 28.7 Å². The lowest BCUT2D eigenvalue weighted by molar-refractivity contribution is -0.131. The first-order valence-electron chi connectivity index (χ1n) is 8.74. The van der Waals surface area contributed by atoms with Gasteiger partial charge in [-0.2, -0.15) is 0 Å². The Morgan fingerprint density at radius 3 is 2.64 bits per heavy atom. The summed E-state index contributed by atoms with van der Waals surface area (Å²) in [5.74, 6) is 2.15. The van der Waals surface area contributed by atoms with Gasteiger partial charge in [0.1, 0.15) is 5.82 Å². The molecule has 0 radical (unpaired) electrons. The summed E-state index contributed by atoms with van der Waals surface area (Å²) < 4.78 is 0. The van der Waals surface area contributed by atoms with E-state index in [1.54, 1.807) is 12.4 Å². The van der Waals surface area contributed by atoms with E-state index in [0.29, 0.717) is 18.3 Å². The van der Waals surface area contributed by atoms with Crippen LogP contribution < -0.4 is 4.90 Å². The number of hydrogen-bond acceptors (Lipinski definition) is 5. The van der Waals surface area contributed by atoms with Gasteiger partial charge in [0.25, 0.3) is 0 Å². The maximum atomic E-state index is 12.5. The van der Waals surface area contributed by atoms with E-state index >= 15 is 0 Å². The fourth-order valence-electron chi connectivity index (χ4n) is 3.07. The highest BCUT2D eigenvalue weighted by Crippen LogP contribution is 2.25. The third-order valence-corrected chi connectivity index (χ3v) is 4.49. The van der Waals surface area contributed by atoms with Crippen molar-refractivity contribution in [1.29, 1.82) is 0 Å². The summed E-state index contributed by atoms with van der Waals surface area (Å²) in [4.78, 5) is 30.0. The highest BCUT2D eigenvalue weighted by atomic mass is 16.2. The highest BCUT2D eigenvalue weighted by molar-refractivity contribution is 5.83. The number of amides is 1. The minimum Gasteiger partial charge on any atom is -0.345 e. The fourth-order valence-corrected chi connectivity index (χ4v) is 3.07. The van der Waals surface area contributed by atoms with Crippen LogP contribution in [0.1, 0.15) is 25.1 Å². The summed E-state index contributed by atoms with van der Waals surface area (Å²) in [5, 5.41) is 0. The normalized spacial score (nSPS) is 15.2. The van der Waals surface area contributed by atoms with Crippen LogP contribution in [0.2, 0.25) is 0 Å². The van der Waals surface area contributed by atoms with Gasteiger partial charge in [0.05, 0.1) is 6.54 Å². The topological polar surface area (TPSA) is 62.2 Å². The van der Waals surface area contributed by atoms with E-state index in [9.17, 15) is 4.79 Å². The molecular weight excluding hydrogens is 314 g/mol. The number of pyridine rings is 1. The zero-order valence-electron chi connectivity index (χ0n) is 15.4. The molecule has 2 aromatic rings. The van der Waals surface area contributed by atoms with Crippen LogP contribution in [0, 0.1) is 19.8 Å². The van der Waals surface area contributed by atoms with Crippen molar-refractivity contribution in [3.05, 3.63) is 35.8 Å². The second-order valence-corrected chi connectivity index (χ2v) is 6.98. The molecule has 3 heterocycles. The van der Waals surface area contributed by atoms with Crippen LogP contribution >= 0.6 is 0 Å². The molecule has 25 heavy (non-hydrogen) atoms. The first kappa shape index (κ1) is 17.3. The smallest absolute Gasteiger partial charge is 0.242 e. The second-order valence-electron chi connectivity index (χ2n) is 6.98. The molecule has 6 heteroatoms. The largest absolute Gasteiger partial charge is 0.345 e. The van der Waals surface area contributed by atoms with Crippen molar-refractivity contribution in [2.24, 2.45) is 5.92 Å². The van der Waals surface area contributed by atoms with E-state index < -0.39 is 0 Å². The van der Waals surface area contributed by atoms with Gasteiger partial charge < -0.3 is 9.80 Å². The molecule has 0 bridgehead atoms. The molecule has 0 aliphatic carbocycles. The predicted molar refractivity (Wildman–Crippen MR) is 98.4 cm³/mol. The highest BCUT2D eigenvalue weighted by Gasteiger charge is 2.27. The van der Waals surface area contributed by atoms with Gasteiger partial charge in [-0.15, -0.1) is 0 Å². The molecule has 1 aliphatic rings. The zero-order valence-corrected chi connectivity index (χ0v) is 15.4. The van der Waals surface area contributed by atoms with Gasteiger partial charge in [0.15, 0.2) is 5.82 Å². The number of aryl methyl sites for hydroxylation is 1. The van der Waals surface area contributed by atoms with Crippen molar-refractivity contribution in [2.45, 2.75) is 27.7 Å². The summed E-state index contributed by atoms with van der Waals surface area (Å²) >= 11 is 0. The van der Waals surface area contributed by atoms with Gasteiger partial charge in [-0.05, 0) is 31.9 Å². The zero-order chi connectivity index (χ0) is 18.0. The number of piperazine rings is 1. The van der Waals surface area contributed by atoms with Crippen LogP contribution in [-0.2, 0) is 4.79 Å². The van der Waals surface area contributed by atoms with Crippen molar-refractivity contribution in [3.63, 3.8) is 0 Å². The van der Waals surface area contributed by atoms with Crippen molar-refractivity contribution < 1.29 is 4.79 Å². The molecule has 1 amide bonds. The molecule has 3 rings (SSSR count). The number of carbonyl (C=O) groups is 1. The Morgan fingerprint density at radius 1 is 1.20 bits per heavy atom. The number of carbonyl (C=O) groups excluding carboxylic acids is 1. The molecule has 2 aromatic heterocycles. The lowest BCUT2D eigenvalue weighted by Crippen LogP contribution is -2.51. The van der Waals surface area contributed by atoms with Crippen LogP contribution in [-0.4, -0.2) is 51.9 Å². The molecule has 1 saturated heterocycles. The van der Waals surface area contributed by atoms with E-state index in [1.165, 1.54) is 0 Å². The summed E-state index contributed by atoms with van der Waals surface area (Å²) in [5.41, 5.74) is 2.84. The Labute approximate surface area is 148 Å². The van der Waals surface area contributed by atoms with Gasteiger partial charge in [-0.3, -0.25) is 9.78 Å². The van der Waals surface area contributed by atoms with Crippen molar-refractivity contribution >= 4 is 11.7 Å². The standard InChI is InChI=1S/C19H25N5O/c1-13(2)11-23-8-9-24(12-17(23)25)19-14(3)15(4)21-18(22-19)16-6-5-7-20-10-16/h5-7,10,13H,8-9,11-12H2,1-4H3. The van der Waals surface area contributed by atoms with Crippen LogP contribution in [0.3, 0.4) is 0 Å². The summed E-state index contributed by atoms with van der Waals surface area (Å²) in [6.45, 7) is 11.0. The molecule has 132 valence electrons. The molecule has 0 N–H and O–H groups in total. The number of hydrogen-bond donors (Lipinski definition) is 0. The lowest BCUT2D eigenvalue weighted by atomic mass is 10.1. The average molecular weight is 339 g/mol. The molecular formula is C19H25N5O. The number of nitrogens with zero attached hydrogens (tertiary/aromatic N) is 5. The molecule has 1 fully saturated rings. The number of aromatic nitrogens is 3. The van der Waals surface area contributed by atoms with Gasteiger partial charge in [0.2, 0.25) is 5.91 Å². The fraction of sp³-hybridized carbons (Fsp3) is 0.474. The molecule has 0 atom stereocenters. The van der Waals surface area contributed by atoms with Crippen LogP contribution in [0.4, 0.5) is 5.82 Å². The first-order chi connectivity index (χ1) is 12.0. The minimum absolute atomic E-state index is 0.165. The van der Waals surface area contributed by atoms with Gasteiger partial charge in [-0.25, -0.2) is 9.97 Å². The minimum atomic E-state index is 0.165. The van der Waals surface area contributed by atoms with Crippen LogP contribution in [0.5, 0.6) is 0 Å². The van der Waals surface area contributed by atoms with Crippen molar-refractivity contribution in [3.8, 4) is 11.4 Å². The summed E-state index contributed by atoms with van der Waals surface area (Å²) in [6.07, 6.45) is 3.50. The van der Waals surface area contributed by atoms with Crippen LogP contribution in [0.15, 0.2) is 24.5 Å². The van der Waals surface area contributed by atoms with E-state index in [4.69, 9.17) is 4.98 Å². The van der Waals surface area contributed by atoms with E-state index in [1.807, 2.05) is 30.9 Å². The Hall–Kier alpha value is -2.50. The molecule has 0 unspecified atom stereocenters. The third-order valence-electron chi connectivity index (χ3n) is 4.49. The quantitative estimate of drug-likeness (QED) is 0.856. The Kier molecular flexibility index (Phi) is 4.97. The maximum Gasteiger partial charge on any atom is 0.242 e. The lowest BCUT2D eigenvalue weighted by Gasteiger charge is -2.36. The molecule has 6 nitrogen and oxygen atoms in total. The SMILES string of the molecule is Cc1nc(-c2cccnc2)nc(N2CCN(CC(C)C)C(=O)C2)c1C. The summed E-state index contributed by atoms with van der Waals surface area (Å²) in [7, 11) is 0. The van der Waals surface area contributed by atoms with Crippen LogP contribution in [0.25, 0.3) is 11.4 Å². The summed E-state index contributed by atoms with van der Waals surface area (Å²) in [6, 6.07) is 3.83. The molecule has 0 aromatic carbocycles. The van der Waals surface area contributed by atoms with Crippen molar-refractivity contribution in [1.82, 2.24) is 19.9 Å². The Morgan fingerprint density at radius 2 is 2.00 bits per heavy atom. The monoisotopic (exact) mass is 339 g/mol. The molecule has 0 spiro atoms. The number of anilines is 1. The first-order valence-corrected chi connectivity index (χ1v) is 8.74. The molecule has 0 saturated carbocycles. The van der Waals surface area contributed by atoms with Gasteiger partial charge in [0, 0.05) is 48.8 Å². The third kappa shape index (κ3) is 3.78. The van der Waals surface area contributed by atoms with Gasteiger partial charge in [-0.1, -0.05) is 13.8 Å². The average Bonchev–Trinajstić information content (AvgIpc) is 2.59. The Bertz CT molecular complexity index is 760. The van der Waals surface area contributed by atoms with E-state index in [-0.39, 0.29) is 5.91 Å². The van der Waals surface area contributed by atoms with Gasteiger partial charge >= 0.3 is 0 Å². The molecule has 1 aliphatic heterocycles. The van der Waals surface area contributed by atoms with Crippen molar-refractivity contribution in [2.75, 3.05) is 31.1 Å².